The van der Waals surface area contributed by atoms with E-state index < -0.39 is 0 Å². The van der Waals surface area contributed by atoms with Crippen molar-refractivity contribution in [3.05, 3.63) is 60.0 Å². The van der Waals surface area contributed by atoms with Crippen molar-refractivity contribution in [2.24, 2.45) is 11.3 Å². The van der Waals surface area contributed by atoms with Gasteiger partial charge >= 0.3 is 0 Å². The van der Waals surface area contributed by atoms with E-state index in [1.807, 2.05) is 36.3 Å². The van der Waals surface area contributed by atoms with Gasteiger partial charge in [0.15, 0.2) is 0 Å². The van der Waals surface area contributed by atoms with Crippen molar-refractivity contribution in [1.29, 1.82) is 0 Å². The van der Waals surface area contributed by atoms with Crippen molar-refractivity contribution in [2.75, 3.05) is 38.8 Å². The highest BCUT2D eigenvalue weighted by Crippen LogP contribution is 2.58. The number of hydrogen-bond donors (Lipinski definition) is 1. The van der Waals surface area contributed by atoms with Gasteiger partial charge in [-0.3, -0.25) is 19.2 Å². The third-order valence-corrected chi connectivity index (χ3v) is 11.4. The van der Waals surface area contributed by atoms with E-state index in [0.29, 0.717) is 6.54 Å². The lowest BCUT2D eigenvalue weighted by Crippen LogP contribution is -2.51. The van der Waals surface area contributed by atoms with Crippen molar-refractivity contribution in [3.63, 3.8) is 0 Å². The first-order valence-corrected chi connectivity index (χ1v) is 17.5. The Morgan fingerprint density at radius 1 is 1.02 bits per heavy atom. The molecule has 2 amide bonds. The predicted molar refractivity (Wildman–Crippen MR) is 184 cm³/mol. The molecule has 1 N–H and O–H groups in total. The molecule has 1 atom stereocenters. The largest absolute Gasteiger partial charge is 0.496 e. The van der Waals surface area contributed by atoms with E-state index in [9.17, 15) is 9.59 Å². The van der Waals surface area contributed by atoms with E-state index in [1.54, 1.807) is 7.11 Å². The third kappa shape index (κ3) is 7.10. The number of pyridine rings is 1. The van der Waals surface area contributed by atoms with Crippen LogP contribution < -0.4 is 15.0 Å². The minimum Gasteiger partial charge on any atom is -0.496 e. The Kier molecular flexibility index (Phi) is 10.0. The summed E-state index contributed by atoms with van der Waals surface area (Å²) >= 11 is 0. The molecule has 2 heterocycles. The highest BCUT2D eigenvalue weighted by atomic mass is 16.5. The predicted octanol–water partition coefficient (Wildman–Crippen LogP) is 6.79. The van der Waals surface area contributed by atoms with Crippen LogP contribution in [0.25, 0.3) is 11.1 Å². The number of amides is 2. The Hall–Kier alpha value is -3.72. The zero-order valence-corrected chi connectivity index (χ0v) is 28.6. The van der Waals surface area contributed by atoms with Gasteiger partial charge in [0.1, 0.15) is 18.2 Å². The number of methoxy groups -OCH3 is 2. The second-order valence-electron chi connectivity index (χ2n) is 14.4. The molecule has 4 fully saturated rings. The fourth-order valence-corrected chi connectivity index (χ4v) is 8.33. The first kappa shape index (κ1) is 33.2. The Labute approximate surface area is 279 Å². The number of hydrogen-bond acceptors (Lipinski definition) is 6. The number of carbonyl (C=O) groups excluding carboxylic acids is 2. The number of benzene rings is 1. The first-order chi connectivity index (χ1) is 22.7. The van der Waals surface area contributed by atoms with Crippen LogP contribution in [0, 0.1) is 18.3 Å². The van der Waals surface area contributed by atoms with Crippen LogP contribution >= 0.6 is 0 Å². The summed E-state index contributed by atoms with van der Waals surface area (Å²) in [5.41, 5.74) is 4.92. The highest BCUT2D eigenvalue weighted by Gasteiger charge is 2.50. The van der Waals surface area contributed by atoms with Crippen LogP contribution in [-0.4, -0.2) is 60.5 Å². The van der Waals surface area contributed by atoms with Crippen LogP contribution in [0.15, 0.2) is 48.9 Å². The van der Waals surface area contributed by atoms with Crippen molar-refractivity contribution < 1.29 is 19.1 Å². The molecule has 9 nitrogen and oxygen atoms in total. The van der Waals surface area contributed by atoms with Gasteiger partial charge in [-0.25, -0.2) is 4.98 Å². The van der Waals surface area contributed by atoms with Crippen molar-refractivity contribution in [2.45, 2.75) is 95.9 Å². The Balaban J connectivity index is 1.21. The van der Waals surface area contributed by atoms with E-state index >= 15 is 0 Å². The molecule has 2 bridgehead atoms. The van der Waals surface area contributed by atoms with Crippen LogP contribution in [-0.2, 0) is 19.7 Å². The lowest BCUT2D eigenvalue weighted by Gasteiger charge is -2.55. The summed E-state index contributed by atoms with van der Waals surface area (Å²) in [4.78, 5) is 33.1. The van der Waals surface area contributed by atoms with Crippen molar-refractivity contribution in [3.8, 4) is 16.9 Å². The zero-order valence-electron chi connectivity index (χ0n) is 28.6. The van der Waals surface area contributed by atoms with Crippen molar-refractivity contribution >= 4 is 17.6 Å². The number of fused-ring (bicyclic) bond motifs is 3. The second-order valence-corrected chi connectivity index (χ2v) is 14.4. The van der Waals surface area contributed by atoms with Gasteiger partial charge in [0.05, 0.1) is 19.3 Å². The number of nitrogens with one attached hydrogen (secondary N) is 1. The van der Waals surface area contributed by atoms with Crippen LogP contribution in [0.4, 0.5) is 5.82 Å². The van der Waals surface area contributed by atoms with Gasteiger partial charge in [-0.1, -0.05) is 31.4 Å². The molecule has 0 spiro atoms. The number of anilines is 1. The Morgan fingerprint density at radius 2 is 1.77 bits per heavy atom. The molecule has 1 aromatic carbocycles. The van der Waals surface area contributed by atoms with E-state index in [0.717, 1.165) is 93.4 Å². The summed E-state index contributed by atoms with van der Waals surface area (Å²) in [6.07, 6.45) is 17.9. The van der Waals surface area contributed by atoms with Crippen LogP contribution in [0.5, 0.6) is 5.75 Å². The van der Waals surface area contributed by atoms with Crippen LogP contribution in [0.1, 0.15) is 94.7 Å². The molecule has 47 heavy (non-hydrogen) atoms. The molecular weight excluding hydrogens is 590 g/mol. The number of ether oxygens (including phenoxy) is 2. The lowest BCUT2D eigenvalue weighted by molar-refractivity contribution is -0.125. The normalized spacial score (nSPS) is 23.3. The van der Waals surface area contributed by atoms with Crippen LogP contribution in [0.2, 0.25) is 0 Å². The summed E-state index contributed by atoms with van der Waals surface area (Å²) in [7, 11) is 3.25. The number of rotatable bonds is 12. The standard InChI is InChI=1S/C38H51N5O4/c1-27-20-32(10-11-33(27)47-4)38-16-13-37(14-17-38,15-18-38)26-42(36(45)29-8-6-5-7-9-29)34-21-30(12-19-39-34)31-23-41-43(24-31)28(2)22-40-35(44)25-46-3/h10-12,19-21,23-24,28-29H,5-9,13-18,22,25-26H2,1-4H3,(H,40,44). The van der Waals surface area contributed by atoms with Gasteiger partial charge in [0.2, 0.25) is 11.8 Å². The maximum atomic E-state index is 14.4. The molecule has 3 aromatic rings. The molecule has 2 aromatic heterocycles. The minimum atomic E-state index is -0.148. The van der Waals surface area contributed by atoms with Crippen molar-refractivity contribution in [1.82, 2.24) is 20.1 Å². The molecule has 7 rings (SSSR count). The maximum absolute atomic E-state index is 14.4. The summed E-state index contributed by atoms with van der Waals surface area (Å²) in [6, 6.07) is 10.8. The molecule has 0 radical (unpaired) electrons. The average Bonchev–Trinajstić information content (AvgIpc) is 3.61. The summed E-state index contributed by atoms with van der Waals surface area (Å²) in [5, 5.41) is 7.48. The molecule has 0 aliphatic heterocycles. The van der Waals surface area contributed by atoms with Gasteiger partial charge in [-0.2, -0.15) is 5.10 Å². The molecule has 0 saturated heterocycles. The van der Waals surface area contributed by atoms with Gasteiger partial charge < -0.3 is 14.8 Å². The van der Waals surface area contributed by atoms with Crippen LogP contribution in [0.3, 0.4) is 0 Å². The maximum Gasteiger partial charge on any atom is 0.246 e. The lowest BCUT2D eigenvalue weighted by atomic mass is 9.51. The van der Waals surface area contributed by atoms with E-state index in [4.69, 9.17) is 14.5 Å². The fourth-order valence-electron chi connectivity index (χ4n) is 8.33. The topological polar surface area (TPSA) is 98.6 Å². The number of nitrogens with zero attached hydrogens (tertiary/aromatic N) is 4. The Morgan fingerprint density at radius 3 is 2.45 bits per heavy atom. The molecule has 4 saturated carbocycles. The van der Waals surface area contributed by atoms with Gasteiger partial charge in [-0.15, -0.1) is 0 Å². The quantitative estimate of drug-likeness (QED) is 0.234. The minimum absolute atomic E-state index is 0.0270. The highest BCUT2D eigenvalue weighted by molar-refractivity contribution is 5.95. The molecule has 1 unspecified atom stereocenters. The van der Waals surface area contributed by atoms with E-state index in [2.05, 4.69) is 46.5 Å². The SMILES string of the molecule is COCC(=O)NCC(C)n1cc(-c2ccnc(N(CC34CCC(c5ccc(OC)c(C)c5)(CC3)CC4)C(=O)C3CCCCC3)c2)cn1. The summed E-state index contributed by atoms with van der Waals surface area (Å²) in [5.74, 6) is 1.86. The van der Waals surface area contributed by atoms with E-state index in [-0.39, 0.29) is 41.2 Å². The molecule has 9 heteroatoms. The second kappa shape index (κ2) is 14.2. The van der Waals surface area contributed by atoms with Gasteiger partial charge in [0.25, 0.3) is 0 Å². The summed E-state index contributed by atoms with van der Waals surface area (Å²) < 4.78 is 12.3. The van der Waals surface area contributed by atoms with E-state index in [1.165, 1.54) is 24.7 Å². The number of aromatic nitrogens is 3. The van der Waals surface area contributed by atoms with Gasteiger partial charge in [-0.05, 0) is 111 Å². The monoisotopic (exact) mass is 641 g/mol. The third-order valence-electron chi connectivity index (χ3n) is 11.4. The average molecular weight is 642 g/mol. The molecule has 4 aliphatic carbocycles. The number of aryl methyl sites for hydroxylation is 1. The molecular formula is C38H51N5O4. The smallest absolute Gasteiger partial charge is 0.246 e. The summed E-state index contributed by atoms with van der Waals surface area (Å²) in [6.45, 7) is 5.38. The molecule has 252 valence electrons. The zero-order chi connectivity index (χ0) is 33.0. The fraction of sp³-hybridized carbons (Fsp3) is 0.579. The Bertz CT molecular complexity index is 1540. The first-order valence-electron chi connectivity index (χ1n) is 17.5. The number of carbonyl (C=O) groups is 2. The molecule has 4 aliphatic rings. The van der Waals surface area contributed by atoms with Gasteiger partial charge in [0, 0.05) is 44.1 Å².